The minimum absolute atomic E-state index is 0.0519. The van der Waals surface area contributed by atoms with E-state index in [0.29, 0.717) is 12.6 Å². The van der Waals surface area contributed by atoms with Gasteiger partial charge in [-0.1, -0.05) is 6.07 Å². The molecule has 6 heteroatoms. The van der Waals surface area contributed by atoms with Gasteiger partial charge in [-0.25, -0.2) is 0 Å². The van der Waals surface area contributed by atoms with E-state index in [0.717, 1.165) is 23.5 Å². The van der Waals surface area contributed by atoms with Gasteiger partial charge in [-0.2, -0.15) is 0 Å². The van der Waals surface area contributed by atoms with Crippen molar-refractivity contribution in [3.63, 3.8) is 0 Å². The SMILES string of the molecule is CC(=O)N[C@@H](CC(=O)N(Cc1ccco1)C1CC1)c1cccs1. The maximum absolute atomic E-state index is 12.8. The zero-order valence-electron chi connectivity index (χ0n) is 13.0. The summed E-state index contributed by atoms with van der Waals surface area (Å²) < 4.78 is 5.37. The number of thiophene rings is 1. The fraction of sp³-hybridized carbons (Fsp3) is 0.412. The van der Waals surface area contributed by atoms with E-state index in [2.05, 4.69) is 5.32 Å². The highest BCUT2D eigenvalue weighted by atomic mass is 32.1. The molecule has 1 N–H and O–H groups in total. The summed E-state index contributed by atoms with van der Waals surface area (Å²) in [5.41, 5.74) is 0. The number of hydrogen-bond acceptors (Lipinski definition) is 4. The molecule has 2 amide bonds. The molecular formula is C17H20N2O3S. The van der Waals surface area contributed by atoms with E-state index in [9.17, 15) is 9.59 Å². The van der Waals surface area contributed by atoms with Crippen LogP contribution in [0.25, 0.3) is 0 Å². The van der Waals surface area contributed by atoms with Crippen molar-refractivity contribution < 1.29 is 14.0 Å². The van der Waals surface area contributed by atoms with Gasteiger partial charge in [0.1, 0.15) is 5.76 Å². The molecule has 2 aromatic rings. The normalized spacial score (nSPS) is 15.2. The van der Waals surface area contributed by atoms with Crippen molar-refractivity contribution in [1.29, 1.82) is 0 Å². The minimum atomic E-state index is -0.266. The Labute approximate surface area is 139 Å². The molecule has 0 aromatic carbocycles. The Morgan fingerprint density at radius 3 is 2.78 bits per heavy atom. The summed E-state index contributed by atoms with van der Waals surface area (Å²) in [7, 11) is 0. The van der Waals surface area contributed by atoms with E-state index in [1.54, 1.807) is 17.6 Å². The largest absolute Gasteiger partial charge is 0.467 e. The third kappa shape index (κ3) is 4.22. The average Bonchev–Trinajstić information content (AvgIpc) is 3.02. The van der Waals surface area contributed by atoms with Crippen molar-refractivity contribution >= 4 is 23.2 Å². The molecule has 5 nitrogen and oxygen atoms in total. The van der Waals surface area contributed by atoms with Gasteiger partial charge in [-0.05, 0) is 36.4 Å². The van der Waals surface area contributed by atoms with Gasteiger partial charge in [0.05, 0.1) is 25.3 Å². The summed E-state index contributed by atoms with van der Waals surface area (Å²) in [4.78, 5) is 27.1. The van der Waals surface area contributed by atoms with Crippen molar-refractivity contribution in [2.24, 2.45) is 0 Å². The Kier molecular flexibility index (Phi) is 4.81. The molecule has 23 heavy (non-hydrogen) atoms. The zero-order valence-corrected chi connectivity index (χ0v) is 13.8. The Morgan fingerprint density at radius 1 is 1.39 bits per heavy atom. The molecule has 0 bridgehead atoms. The molecule has 2 heterocycles. The van der Waals surface area contributed by atoms with Gasteiger partial charge in [-0.3, -0.25) is 9.59 Å². The second-order valence-electron chi connectivity index (χ2n) is 5.80. The molecule has 3 rings (SSSR count). The quantitative estimate of drug-likeness (QED) is 0.847. The Morgan fingerprint density at radius 2 is 2.22 bits per heavy atom. The van der Waals surface area contributed by atoms with E-state index < -0.39 is 0 Å². The molecule has 0 saturated heterocycles. The molecule has 1 aliphatic rings. The van der Waals surface area contributed by atoms with Crippen LogP contribution in [0.5, 0.6) is 0 Å². The van der Waals surface area contributed by atoms with Crippen LogP contribution in [0.2, 0.25) is 0 Å². The van der Waals surface area contributed by atoms with Crippen LogP contribution in [0, 0.1) is 0 Å². The first-order chi connectivity index (χ1) is 11.1. The molecule has 0 spiro atoms. The number of amides is 2. The second kappa shape index (κ2) is 7.00. The molecule has 1 fully saturated rings. The lowest BCUT2D eigenvalue weighted by Gasteiger charge is -2.24. The van der Waals surface area contributed by atoms with Crippen LogP contribution in [0.1, 0.15) is 42.9 Å². The van der Waals surface area contributed by atoms with Crippen LogP contribution >= 0.6 is 11.3 Å². The van der Waals surface area contributed by atoms with E-state index in [1.165, 1.54) is 6.92 Å². The molecule has 0 unspecified atom stereocenters. The number of hydrogen-bond donors (Lipinski definition) is 1. The fourth-order valence-corrected chi connectivity index (χ4v) is 3.41. The third-order valence-corrected chi connectivity index (χ3v) is 4.84. The summed E-state index contributed by atoms with van der Waals surface area (Å²) in [5, 5.41) is 4.84. The summed E-state index contributed by atoms with van der Waals surface area (Å²) in [6.45, 7) is 1.97. The predicted molar refractivity (Wildman–Crippen MR) is 87.8 cm³/mol. The molecule has 2 aromatic heterocycles. The Bertz CT molecular complexity index is 647. The zero-order chi connectivity index (χ0) is 16.2. The highest BCUT2D eigenvalue weighted by Gasteiger charge is 2.34. The van der Waals surface area contributed by atoms with Crippen LogP contribution in [0.4, 0.5) is 0 Å². The minimum Gasteiger partial charge on any atom is -0.467 e. The van der Waals surface area contributed by atoms with Crippen molar-refractivity contribution in [3.8, 4) is 0 Å². The van der Waals surface area contributed by atoms with Gasteiger partial charge in [0.25, 0.3) is 0 Å². The van der Waals surface area contributed by atoms with Crippen molar-refractivity contribution in [1.82, 2.24) is 10.2 Å². The smallest absolute Gasteiger partial charge is 0.225 e. The average molecular weight is 332 g/mol. The molecule has 0 radical (unpaired) electrons. The molecule has 1 aliphatic carbocycles. The summed E-state index contributed by atoms with van der Waals surface area (Å²) in [6, 6.07) is 7.63. The monoisotopic (exact) mass is 332 g/mol. The standard InChI is InChI=1S/C17H20N2O3S/c1-12(20)18-15(16-5-3-9-23-16)10-17(21)19(13-6-7-13)11-14-4-2-8-22-14/h2-5,8-9,13,15H,6-7,10-11H2,1H3,(H,18,20)/t15-/m0/s1. The van der Waals surface area contributed by atoms with Crippen LogP contribution in [-0.2, 0) is 16.1 Å². The van der Waals surface area contributed by atoms with Crippen molar-refractivity contribution in [2.45, 2.75) is 44.8 Å². The van der Waals surface area contributed by atoms with Crippen LogP contribution < -0.4 is 5.32 Å². The van der Waals surface area contributed by atoms with Gasteiger partial charge in [0, 0.05) is 17.8 Å². The maximum Gasteiger partial charge on any atom is 0.225 e. The number of nitrogens with one attached hydrogen (secondary N) is 1. The van der Waals surface area contributed by atoms with E-state index in [4.69, 9.17) is 4.42 Å². The molecule has 0 aliphatic heterocycles. The van der Waals surface area contributed by atoms with Crippen LogP contribution in [0.3, 0.4) is 0 Å². The lowest BCUT2D eigenvalue weighted by molar-refractivity contribution is -0.133. The van der Waals surface area contributed by atoms with Gasteiger partial charge >= 0.3 is 0 Å². The number of carbonyl (C=O) groups excluding carboxylic acids is 2. The summed E-state index contributed by atoms with van der Waals surface area (Å²) in [5.74, 6) is 0.716. The van der Waals surface area contributed by atoms with Gasteiger partial charge in [-0.15, -0.1) is 11.3 Å². The lowest BCUT2D eigenvalue weighted by Crippen LogP contribution is -2.36. The fourth-order valence-electron chi connectivity index (χ4n) is 2.63. The van der Waals surface area contributed by atoms with Crippen LogP contribution in [-0.4, -0.2) is 22.8 Å². The number of nitrogens with zero attached hydrogens (tertiary/aromatic N) is 1. The van der Waals surface area contributed by atoms with E-state index in [-0.39, 0.29) is 24.3 Å². The number of furan rings is 1. The van der Waals surface area contributed by atoms with Crippen molar-refractivity contribution in [2.75, 3.05) is 0 Å². The van der Waals surface area contributed by atoms with Crippen molar-refractivity contribution in [3.05, 3.63) is 46.5 Å². The lowest BCUT2D eigenvalue weighted by atomic mass is 10.1. The molecule has 1 saturated carbocycles. The first-order valence-corrected chi connectivity index (χ1v) is 8.64. The Hall–Kier alpha value is -2.08. The Balaban J connectivity index is 1.69. The highest BCUT2D eigenvalue weighted by Crippen LogP contribution is 2.31. The molecule has 122 valence electrons. The van der Waals surface area contributed by atoms with Gasteiger partial charge in [0.2, 0.25) is 11.8 Å². The first-order valence-electron chi connectivity index (χ1n) is 7.76. The van der Waals surface area contributed by atoms with Gasteiger partial charge in [0.15, 0.2) is 0 Å². The summed E-state index contributed by atoms with van der Waals surface area (Å²) >= 11 is 1.55. The molecular weight excluding hydrogens is 312 g/mol. The first kappa shape index (κ1) is 15.8. The van der Waals surface area contributed by atoms with E-state index in [1.807, 2.05) is 34.5 Å². The van der Waals surface area contributed by atoms with Crippen LogP contribution in [0.15, 0.2) is 40.3 Å². The van der Waals surface area contributed by atoms with E-state index >= 15 is 0 Å². The number of carbonyl (C=O) groups is 2. The molecule has 1 atom stereocenters. The maximum atomic E-state index is 12.8. The predicted octanol–water partition coefficient (Wildman–Crippen LogP) is 3.10. The number of rotatable bonds is 7. The second-order valence-corrected chi connectivity index (χ2v) is 6.78. The third-order valence-electron chi connectivity index (χ3n) is 3.86. The summed E-state index contributed by atoms with van der Waals surface area (Å²) in [6.07, 6.45) is 3.97. The topological polar surface area (TPSA) is 62.6 Å². The highest BCUT2D eigenvalue weighted by molar-refractivity contribution is 7.10. The van der Waals surface area contributed by atoms with Gasteiger partial charge < -0.3 is 14.6 Å².